The van der Waals surface area contributed by atoms with E-state index in [1.165, 1.54) is 5.56 Å². The van der Waals surface area contributed by atoms with Gasteiger partial charge in [0, 0.05) is 30.2 Å². The van der Waals surface area contributed by atoms with Crippen molar-refractivity contribution >= 4 is 33.4 Å². The molecule has 116 valence electrons. The van der Waals surface area contributed by atoms with Gasteiger partial charge in [-0.1, -0.05) is 23.7 Å². The van der Waals surface area contributed by atoms with Crippen LogP contribution in [0, 0.1) is 5.92 Å². The molecule has 0 radical (unpaired) electrons. The van der Waals surface area contributed by atoms with Gasteiger partial charge in [0.15, 0.2) is 0 Å². The molecule has 1 aliphatic carbocycles. The topological polar surface area (TPSA) is 46.9 Å². The maximum Gasteiger partial charge on any atom is 0.223 e. The summed E-state index contributed by atoms with van der Waals surface area (Å²) >= 11 is 9.25. The first-order valence-corrected chi connectivity index (χ1v) is 8.52. The van der Waals surface area contributed by atoms with E-state index in [2.05, 4.69) is 26.3 Å². The highest BCUT2D eigenvalue weighted by atomic mass is 79.9. The summed E-state index contributed by atoms with van der Waals surface area (Å²) in [5, 5.41) is 7.93. The summed E-state index contributed by atoms with van der Waals surface area (Å²) in [5.74, 6) is 0.612. The molecule has 4 nitrogen and oxygen atoms in total. The number of nitrogens with zero attached hydrogens (tertiary/aromatic N) is 2. The first kappa shape index (κ1) is 15.6. The largest absolute Gasteiger partial charge is 0.356 e. The normalized spacial score (nSPS) is 19.9. The standard InChI is InChI=1S/C16H17BrClN3O/c17-12-9-20-21(10-12)7-1-6-19-16(22)15-8-14(15)11-2-4-13(18)5-3-11/h2-5,9-10,14-15H,1,6-8H2,(H,19,22). The van der Waals surface area contributed by atoms with Crippen LogP contribution >= 0.6 is 27.5 Å². The molecule has 6 heteroatoms. The van der Waals surface area contributed by atoms with Crippen molar-refractivity contribution in [2.75, 3.05) is 6.54 Å². The summed E-state index contributed by atoms with van der Waals surface area (Å²) in [6, 6.07) is 7.78. The molecule has 2 unspecified atom stereocenters. The van der Waals surface area contributed by atoms with Gasteiger partial charge in [-0.05, 0) is 52.4 Å². The Kier molecular flexibility index (Phi) is 4.84. The Labute approximate surface area is 143 Å². The number of hydrogen-bond acceptors (Lipinski definition) is 2. The predicted molar refractivity (Wildman–Crippen MR) is 89.9 cm³/mol. The van der Waals surface area contributed by atoms with Crippen LogP contribution in [0.3, 0.4) is 0 Å². The van der Waals surface area contributed by atoms with Crippen molar-refractivity contribution in [1.29, 1.82) is 0 Å². The molecule has 0 aliphatic heterocycles. The SMILES string of the molecule is O=C(NCCCn1cc(Br)cn1)C1CC1c1ccc(Cl)cc1. The Balaban J connectivity index is 1.39. The van der Waals surface area contributed by atoms with E-state index in [9.17, 15) is 4.79 Å². The van der Waals surface area contributed by atoms with E-state index in [0.29, 0.717) is 12.5 Å². The van der Waals surface area contributed by atoms with Crippen LogP contribution in [0.1, 0.15) is 24.3 Å². The Hall–Kier alpha value is -1.33. The Morgan fingerprint density at radius 3 is 2.86 bits per heavy atom. The highest BCUT2D eigenvalue weighted by Crippen LogP contribution is 2.47. The summed E-state index contributed by atoms with van der Waals surface area (Å²) in [4.78, 5) is 12.1. The number of carbonyl (C=O) groups excluding carboxylic acids is 1. The fourth-order valence-corrected chi connectivity index (χ4v) is 3.06. The second-order valence-electron chi connectivity index (χ2n) is 5.57. The third kappa shape index (κ3) is 3.90. The molecule has 1 N–H and O–H groups in total. The highest BCUT2D eigenvalue weighted by molar-refractivity contribution is 9.10. The van der Waals surface area contributed by atoms with E-state index in [0.717, 1.165) is 28.9 Å². The maximum atomic E-state index is 12.1. The summed E-state index contributed by atoms with van der Waals surface area (Å²) in [6.45, 7) is 1.48. The molecule has 1 aromatic carbocycles. The van der Waals surface area contributed by atoms with Crippen LogP contribution in [-0.2, 0) is 11.3 Å². The summed E-state index contributed by atoms with van der Waals surface area (Å²) in [6.07, 6.45) is 5.50. The van der Waals surface area contributed by atoms with E-state index in [1.807, 2.05) is 35.1 Å². The van der Waals surface area contributed by atoms with Crippen LogP contribution in [0.4, 0.5) is 0 Å². The monoisotopic (exact) mass is 381 g/mol. The van der Waals surface area contributed by atoms with Gasteiger partial charge in [0.05, 0.1) is 10.7 Å². The zero-order valence-corrected chi connectivity index (χ0v) is 14.3. The van der Waals surface area contributed by atoms with E-state index < -0.39 is 0 Å². The molecule has 0 spiro atoms. The fourth-order valence-electron chi connectivity index (χ4n) is 2.61. The number of carbonyl (C=O) groups is 1. The number of nitrogens with one attached hydrogen (secondary N) is 1. The quantitative estimate of drug-likeness (QED) is 0.776. The Bertz CT molecular complexity index is 656. The van der Waals surface area contributed by atoms with Gasteiger partial charge in [-0.3, -0.25) is 9.48 Å². The third-order valence-electron chi connectivity index (χ3n) is 3.89. The van der Waals surface area contributed by atoms with Crippen molar-refractivity contribution < 1.29 is 4.79 Å². The van der Waals surface area contributed by atoms with Gasteiger partial charge in [-0.2, -0.15) is 5.10 Å². The lowest BCUT2D eigenvalue weighted by Gasteiger charge is -2.05. The number of hydrogen-bond donors (Lipinski definition) is 1. The molecule has 1 fully saturated rings. The lowest BCUT2D eigenvalue weighted by atomic mass is 10.1. The number of aryl methyl sites for hydroxylation is 1. The first-order valence-electron chi connectivity index (χ1n) is 7.34. The third-order valence-corrected chi connectivity index (χ3v) is 4.55. The van der Waals surface area contributed by atoms with Crippen LogP contribution in [-0.4, -0.2) is 22.2 Å². The molecule has 2 aromatic rings. The van der Waals surface area contributed by atoms with Crippen molar-refractivity contribution in [2.45, 2.75) is 25.3 Å². The maximum absolute atomic E-state index is 12.1. The number of benzene rings is 1. The van der Waals surface area contributed by atoms with Gasteiger partial charge < -0.3 is 5.32 Å². The van der Waals surface area contributed by atoms with Crippen molar-refractivity contribution in [3.8, 4) is 0 Å². The van der Waals surface area contributed by atoms with Crippen LogP contribution in [0.2, 0.25) is 5.02 Å². The van der Waals surface area contributed by atoms with Crippen molar-refractivity contribution in [3.05, 3.63) is 51.7 Å². The average molecular weight is 383 g/mol. The second-order valence-corrected chi connectivity index (χ2v) is 6.92. The molecule has 1 saturated carbocycles. The van der Waals surface area contributed by atoms with Gasteiger partial charge in [0.2, 0.25) is 5.91 Å². The zero-order chi connectivity index (χ0) is 15.5. The Morgan fingerprint density at radius 2 is 2.18 bits per heavy atom. The minimum Gasteiger partial charge on any atom is -0.356 e. The van der Waals surface area contributed by atoms with Crippen LogP contribution in [0.25, 0.3) is 0 Å². The molecule has 3 rings (SSSR count). The fraction of sp³-hybridized carbons (Fsp3) is 0.375. The number of aromatic nitrogens is 2. The minimum atomic E-state index is 0.111. The number of halogens is 2. The molecule has 1 amide bonds. The van der Waals surface area contributed by atoms with E-state index >= 15 is 0 Å². The van der Waals surface area contributed by atoms with Crippen molar-refractivity contribution in [2.24, 2.45) is 5.92 Å². The molecule has 1 heterocycles. The van der Waals surface area contributed by atoms with Crippen LogP contribution in [0.15, 0.2) is 41.1 Å². The Morgan fingerprint density at radius 1 is 1.41 bits per heavy atom. The van der Waals surface area contributed by atoms with E-state index in [4.69, 9.17) is 11.6 Å². The molecular weight excluding hydrogens is 366 g/mol. The first-order chi connectivity index (χ1) is 10.6. The zero-order valence-electron chi connectivity index (χ0n) is 12.0. The molecule has 1 aliphatic rings. The van der Waals surface area contributed by atoms with Gasteiger partial charge in [0.1, 0.15) is 0 Å². The van der Waals surface area contributed by atoms with Gasteiger partial charge in [0.25, 0.3) is 0 Å². The van der Waals surface area contributed by atoms with Crippen LogP contribution < -0.4 is 5.32 Å². The highest BCUT2D eigenvalue weighted by Gasteiger charge is 2.43. The predicted octanol–water partition coefficient (Wildman–Crippen LogP) is 3.61. The molecule has 2 atom stereocenters. The van der Waals surface area contributed by atoms with Crippen molar-refractivity contribution in [1.82, 2.24) is 15.1 Å². The number of amides is 1. The smallest absolute Gasteiger partial charge is 0.223 e. The minimum absolute atomic E-state index is 0.111. The summed E-state index contributed by atoms with van der Waals surface area (Å²) in [7, 11) is 0. The summed E-state index contributed by atoms with van der Waals surface area (Å²) < 4.78 is 2.84. The molecule has 1 aromatic heterocycles. The van der Waals surface area contributed by atoms with Gasteiger partial charge in [-0.15, -0.1) is 0 Å². The lowest BCUT2D eigenvalue weighted by molar-refractivity contribution is -0.122. The van der Waals surface area contributed by atoms with Crippen molar-refractivity contribution in [3.63, 3.8) is 0 Å². The van der Waals surface area contributed by atoms with Crippen LogP contribution in [0.5, 0.6) is 0 Å². The van der Waals surface area contributed by atoms with Gasteiger partial charge >= 0.3 is 0 Å². The molecule has 22 heavy (non-hydrogen) atoms. The van der Waals surface area contributed by atoms with E-state index in [-0.39, 0.29) is 11.8 Å². The molecular formula is C16H17BrClN3O. The number of rotatable bonds is 6. The summed E-state index contributed by atoms with van der Waals surface area (Å²) in [5.41, 5.74) is 1.20. The average Bonchev–Trinajstić information content (AvgIpc) is 3.20. The second kappa shape index (κ2) is 6.84. The van der Waals surface area contributed by atoms with Gasteiger partial charge in [-0.25, -0.2) is 0 Å². The lowest BCUT2D eigenvalue weighted by Crippen LogP contribution is -2.27. The molecule has 0 bridgehead atoms. The molecule has 0 saturated heterocycles. The van der Waals surface area contributed by atoms with E-state index in [1.54, 1.807) is 6.20 Å².